The van der Waals surface area contributed by atoms with Crippen LogP contribution in [0.15, 0.2) is 18.2 Å². The largest absolute Gasteiger partial charge is 0.376 e. The van der Waals surface area contributed by atoms with Crippen LogP contribution in [0, 0.1) is 5.82 Å². The Morgan fingerprint density at radius 3 is 2.23 bits per heavy atom. The van der Waals surface area contributed by atoms with Crippen molar-refractivity contribution in [2.75, 3.05) is 49.6 Å². The van der Waals surface area contributed by atoms with Gasteiger partial charge in [0.1, 0.15) is 5.82 Å². The van der Waals surface area contributed by atoms with Crippen LogP contribution in [0.4, 0.5) is 20.6 Å². The molecule has 0 radical (unpaired) electrons. The van der Waals surface area contributed by atoms with Gasteiger partial charge in [-0.3, -0.25) is 0 Å². The van der Waals surface area contributed by atoms with Crippen molar-refractivity contribution in [3.05, 3.63) is 24.0 Å². The van der Waals surface area contributed by atoms with Crippen LogP contribution in [-0.4, -0.2) is 74.7 Å². The molecule has 4 rings (SSSR count). The van der Waals surface area contributed by atoms with Gasteiger partial charge in [0.25, 0.3) is 0 Å². The number of urea groups is 1. The molecule has 3 aliphatic heterocycles. The van der Waals surface area contributed by atoms with Gasteiger partial charge in [0.05, 0.1) is 30.1 Å². The topological polar surface area (TPSA) is 63.3 Å². The van der Waals surface area contributed by atoms with Crippen molar-refractivity contribution in [1.29, 1.82) is 0 Å². The Balaban J connectivity index is 1.41. The van der Waals surface area contributed by atoms with Crippen LogP contribution < -0.4 is 10.2 Å². The highest BCUT2D eigenvalue weighted by atomic mass is 19.1. The maximum Gasteiger partial charge on any atom is 0.322 e. The second-order valence-corrected chi connectivity index (χ2v) is 8.93. The number of carbonyl (C=O) groups excluding carboxylic acids is 1. The lowest BCUT2D eigenvalue weighted by molar-refractivity contribution is -0.00539. The number of amides is 2. The quantitative estimate of drug-likeness (QED) is 0.739. The van der Waals surface area contributed by atoms with Gasteiger partial charge in [-0.05, 0) is 57.7 Å². The summed E-state index contributed by atoms with van der Waals surface area (Å²) in [6, 6.07) is 4.65. The van der Waals surface area contributed by atoms with E-state index in [4.69, 9.17) is 14.2 Å². The molecule has 3 saturated heterocycles. The summed E-state index contributed by atoms with van der Waals surface area (Å²) in [4.78, 5) is 16.8. The van der Waals surface area contributed by atoms with Crippen LogP contribution in [0.2, 0.25) is 0 Å². The second-order valence-electron chi connectivity index (χ2n) is 8.93. The first-order valence-corrected chi connectivity index (χ1v) is 11.5. The highest BCUT2D eigenvalue weighted by Gasteiger charge is 2.28. The number of halogens is 1. The molecule has 8 heteroatoms. The van der Waals surface area contributed by atoms with E-state index in [9.17, 15) is 9.18 Å². The van der Waals surface area contributed by atoms with Gasteiger partial charge < -0.3 is 29.3 Å². The molecule has 7 nitrogen and oxygen atoms in total. The molecule has 3 aliphatic rings. The highest BCUT2D eigenvalue weighted by molar-refractivity contribution is 5.89. The summed E-state index contributed by atoms with van der Waals surface area (Å²) in [5.41, 5.74) is 0.987. The summed E-state index contributed by atoms with van der Waals surface area (Å²) >= 11 is 0. The van der Waals surface area contributed by atoms with Gasteiger partial charge in [-0.1, -0.05) is 0 Å². The van der Waals surface area contributed by atoms with Crippen LogP contribution in [0.1, 0.15) is 39.5 Å². The molecule has 3 fully saturated rings. The molecule has 0 saturated carbocycles. The minimum absolute atomic E-state index is 0.0479. The summed E-state index contributed by atoms with van der Waals surface area (Å²) in [6.45, 7) is 7.80. The van der Waals surface area contributed by atoms with E-state index in [-0.39, 0.29) is 36.3 Å². The average Bonchev–Trinajstić information content (AvgIpc) is 3.41. The Morgan fingerprint density at radius 2 is 1.71 bits per heavy atom. The molecule has 0 aliphatic carbocycles. The Kier molecular flexibility index (Phi) is 7.30. The van der Waals surface area contributed by atoms with E-state index in [1.165, 1.54) is 6.07 Å². The summed E-state index contributed by atoms with van der Waals surface area (Å²) in [7, 11) is 0. The minimum atomic E-state index is -0.344. The highest BCUT2D eigenvalue weighted by Crippen LogP contribution is 2.26. The van der Waals surface area contributed by atoms with Crippen LogP contribution >= 0.6 is 0 Å². The summed E-state index contributed by atoms with van der Waals surface area (Å²) in [5.74, 6) is -0.344. The molecule has 0 bridgehead atoms. The zero-order valence-corrected chi connectivity index (χ0v) is 18.5. The normalized spacial score (nSPS) is 28.7. The third-order valence-corrected chi connectivity index (χ3v) is 6.14. The maximum atomic E-state index is 14.9. The van der Waals surface area contributed by atoms with Crippen molar-refractivity contribution in [2.24, 2.45) is 0 Å². The molecule has 0 aromatic heterocycles. The second kappa shape index (κ2) is 10.1. The lowest BCUT2D eigenvalue weighted by Gasteiger charge is -2.37. The molecular weight excluding hydrogens is 401 g/mol. The number of anilines is 2. The molecule has 172 valence electrons. The van der Waals surface area contributed by atoms with Gasteiger partial charge >= 0.3 is 6.03 Å². The van der Waals surface area contributed by atoms with Crippen LogP contribution in [0.3, 0.4) is 0 Å². The molecular formula is C23H34FN3O4. The number of ether oxygens (including phenoxy) is 3. The lowest BCUT2D eigenvalue weighted by Crippen LogP contribution is -2.46. The SMILES string of the molecule is C[C@@H]1CN(c2ccc(NC(=O)N(C[C@H]3CCCO3)C[C@@H]3CCCO3)cc2F)C[C@H](C)O1. The molecule has 2 amide bonds. The van der Waals surface area contributed by atoms with Crippen LogP contribution in [0.25, 0.3) is 0 Å². The van der Waals surface area contributed by atoms with E-state index in [0.717, 1.165) is 38.9 Å². The Hall–Kier alpha value is -1.90. The zero-order chi connectivity index (χ0) is 21.8. The Labute approximate surface area is 183 Å². The van der Waals surface area contributed by atoms with Gasteiger partial charge in [0, 0.05) is 45.1 Å². The lowest BCUT2D eigenvalue weighted by atomic mass is 10.1. The predicted molar refractivity (Wildman–Crippen MR) is 117 cm³/mol. The van der Waals surface area contributed by atoms with Crippen molar-refractivity contribution < 1.29 is 23.4 Å². The molecule has 1 aromatic carbocycles. The van der Waals surface area contributed by atoms with Gasteiger partial charge in [-0.15, -0.1) is 0 Å². The van der Waals surface area contributed by atoms with E-state index in [2.05, 4.69) is 5.32 Å². The van der Waals surface area contributed by atoms with E-state index in [1.807, 2.05) is 18.7 Å². The molecule has 0 unspecified atom stereocenters. The Bertz CT molecular complexity index is 724. The van der Waals surface area contributed by atoms with Crippen molar-refractivity contribution in [2.45, 2.75) is 63.9 Å². The number of nitrogens with zero attached hydrogens (tertiary/aromatic N) is 2. The first-order valence-electron chi connectivity index (χ1n) is 11.5. The fraction of sp³-hybridized carbons (Fsp3) is 0.696. The number of rotatable bonds is 6. The van der Waals surface area contributed by atoms with Crippen molar-refractivity contribution in [3.8, 4) is 0 Å². The third kappa shape index (κ3) is 5.87. The zero-order valence-electron chi connectivity index (χ0n) is 18.5. The van der Waals surface area contributed by atoms with Crippen molar-refractivity contribution >= 4 is 17.4 Å². The average molecular weight is 436 g/mol. The number of benzene rings is 1. The standard InChI is InChI=1S/C23H34FN3O4/c1-16-12-26(13-17(2)31-16)22-8-7-18(11-21(22)24)25-23(28)27(14-19-5-3-9-29-19)15-20-6-4-10-30-20/h7-8,11,16-17,19-20H,3-6,9-10,12-15H2,1-2H3,(H,25,28)/t16-,17+,19-,20+. The third-order valence-electron chi connectivity index (χ3n) is 6.14. The smallest absolute Gasteiger partial charge is 0.322 e. The number of hydrogen-bond acceptors (Lipinski definition) is 5. The van der Waals surface area contributed by atoms with E-state index in [1.54, 1.807) is 17.0 Å². The number of carbonyl (C=O) groups is 1. The molecule has 1 N–H and O–H groups in total. The molecule has 1 aromatic rings. The van der Waals surface area contributed by atoms with Gasteiger partial charge in [-0.2, -0.15) is 0 Å². The van der Waals surface area contributed by atoms with Crippen molar-refractivity contribution in [3.63, 3.8) is 0 Å². The fourth-order valence-electron chi connectivity index (χ4n) is 4.73. The summed E-state index contributed by atoms with van der Waals surface area (Å²) in [6.07, 6.45) is 4.15. The monoisotopic (exact) mass is 435 g/mol. The summed E-state index contributed by atoms with van der Waals surface area (Å²) in [5, 5.41) is 2.87. The fourth-order valence-corrected chi connectivity index (χ4v) is 4.73. The Morgan fingerprint density at radius 1 is 1.10 bits per heavy atom. The van der Waals surface area contributed by atoms with Gasteiger partial charge in [0.2, 0.25) is 0 Å². The van der Waals surface area contributed by atoms with Crippen molar-refractivity contribution in [1.82, 2.24) is 4.90 Å². The first-order chi connectivity index (χ1) is 15.0. The number of hydrogen-bond donors (Lipinski definition) is 1. The van der Waals surface area contributed by atoms with E-state index in [0.29, 0.717) is 37.6 Å². The van der Waals surface area contributed by atoms with Crippen LogP contribution in [-0.2, 0) is 14.2 Å². The molecule has 0 spiro atoms. The molecule has 31 heavy (non-hydrogen) atoms. The van der Waals surface area contributed by atoms with Gasteiger partial charge in [-0.25, -0.2) is 9.18 Å². The predicted octanol–water partition coefficient (Wildman–Crippen LogP) is 3.63. The summed E-state index contributed by atoms with van der Waals surface area (Å²) < 4.78 is 32.1. The van der Waals surface area contributed by atoms with Gasteiger partial charge in [0.15, 0.2) is 0 Å². The van der Waals surface area contributed by atoms with E-state index < -0.39 is 0 Å². The first kappa shape index (κ1) is 22.3. The number of morpholine rings is 1. The van der Waals surface area contributed by atoms with Crippen LogP contribution in [0.5, 0.6) is 0 Å². The number of nitrogens with one attached hydrogen (secondary N) is 1. The minimum Gasteiger partial charge on any atom is -0.376 e. The maximum absolute atomic E-state index is 14.9. The van der Waals surface area contributed by atoms with E-state index >= 15 is 0 Å². The molecule has 3 heterocycles. The molecule has 4 atom stereocenters.